The van der Waals surface area contributed by atoms with Crippen molar-refractivity contribution in [2.75, 3.05) is 33.0 Å². The monoisotopic (exact) mass is 279 g/mol. The molecule has 2 N–H and O–H groups in total. The summed E-state index contributed by atoms with van der Waals surface area (Å²) in [6.45, 7) is 3.14. The van der Waals surface area contributed by atoms with Crippen molar-refractivity contribution in [1.82, 2.24) is 0 Å². The van der Waals surface area contributed by atoms with Crippen LogP contribution in [0.25, 0.3) is 0 Å². The minimum absolute atomic E-state index is 0.160. The molecule has 110 valence electrons. The minimum Gasteiger partial charge on any atom is -0.486 e. The summed E-state index contributed by atoms with van der Waals surface area (Å²) in [5.74, 6) is 1.55. The van der Waals surface area contributed by atoms with Crippen LogP contribution in [0.4, 0.5) is 0 Å². The number of benzene rings is 1. The zero-order valence-corrected chi connectivity index (χ0v) is 11.5. The predicted octanol–water partition coefficient (Wildman–Crippen LogP) is 1.65. The van der Waals surface area contributed by atoms with Crippen molar-refractivity contribution in [3.63, 3.8) is 0 Å². The molecule has 2 aliphatic rings. The van der Waals surface area contributed by atoms with Crippen molar-refractivity contribution in [2.45, 2.75) is 25.0 Å². The summed E-state index contributed by atoms with van der Waals surface area (Å²) >= 11 is 0. The molecule has 2 aliphatic heterocycles. The number of hydrogen-bond donors (Lipinski definition) is 1. The molecule has 1 saturated heterocycles. The van der Waals surface area contributed by atoms with Gasteiger partial charge in [-0.1, -0.05) is 6.07 Å². The van der Waals surface area contributed by atoms with Gasteiger partial charge in [-0.3, -0.25) is 0 Å². The van der Waals surface area contributed by atoms with Gasteiger partial charge in [-0.2, -0.15) is 0 Å². The molecule has 0 bridgehead atoms. The van der Waals surface area contributed by atoms with Gasteiger partial charge in [-0.15, -0.1) is 0 Å². The van der Waals surface area contributed by atoms with E-state index >= 15 is 0 Å². The van der Waals surface area contributed by atoms with Crippen LogP contribution < -0.4 is 15.2 Å². The van der Waals surface area contributed by atoms with Crippen molar-refractivity contribution < 1.29 is 18.9 Å². The lowest BCUT2D eigenvalue weighted by atomic mass is 10.1. The lowest BCUT2D eigenvalue weighted by Gasteiger charge is -2.21. The first-order valence-electron chi connectivity index (χ1n) is 7.17. The third-order valence-electron chi connectivity index (χ3n) is 3.62. The van der Waals surface area contributed by atoms with Crippen LogP contribution in [0.2, 0.25) is 0 Å². The van der Waals surface area contributed by atoms with E-state index in [0.29, 0.717) is 26.4 Å². The first-order chi connectivity index (χ1) is 9.83. The number of fused-ring (bicyclic) bond motifs is 1. The van der Waals surface area contributed by atoms with E-state index in [-0.39, 0.29) is 12.1 Å². The summed E-state index contributed by atoms with van der Waals surface area (Å²) in [7, 11) is 0. The largest absolute Gasteiger partial charge is 0.486 e. The number of ether oxygens (including phenoxy) is 4. The minimum atomic E-state index is -0.160. The summed E-state index contributed by atoms with van der Waals surface area (Å²) in [5, 5.41) is 0. The molecule has 20 heavy (non-hydrogen) atoms. The average molecular weight is 279 g/mol. The second kappa shape index (κ2) is 6.43. The lowest BCUT2D eigenvalue weighted by Crippen LogP contribution is -2.22. The van der Waals surface area contributed by atoms with Gasteiger partial charge in [0, 0.05) is 6.61 Å². The molecular weight excluding hydrogens is 258 g/mol. The van der Waals surface area contributed by atoms with Crippen molar-refractivity contribution in [1.29, 1.82) is 0 Å². The van der Waals surface area contributed by atoms with Gasteiger partial charge in [0.1, 0.15) is 13.2 Å². The third kappa shape index (κ3) is 3.23. The van der Waals surface area contributed by atoms with E-state index in [0.717, 1.165) is 36.5 Å². The molecule has 2 unspecified atom stereocenters. The fourth-order valence-electron chi connectivity index (χ4n) is 2.49. The van der Waals surface area contributed by atoms with E-state index in [1.807, 2.05) is 18.2 Å². The quantitative estimate of drug-likeness (QED) is 0.888. The zero-order chi connectivity index (χ0) is 13.8. The number of nitrogens with two attached hydrogens (primary N) is 1. The smallest absolute Gasteiger partial charge is 0.161 e. The molecule has 1 aromatic rings. The van der Waals surface area contributed by atoms with E-state index in [2.05, 4.69) is 0 Å². The van der Waals surface area contributed by atoms with E-state index in [1.165, 1.54) is 0 Å². The van der Waals surface area contributed by atoms with Gasteiger partial charge < -0.3 is 24.7 Å². The molecule has 0 aliphatic carbocycles. The van der Waals surface area contributed by atoms with Crippen molar-refractivity contribution in [2.24, 2.45) is 5.73 Å². The van der Waals surface area contributed by atoms with Crippen LogP contribution in [-0.2, 0) is 9.47 Å². The molecule has 3 rings (SSSR count). The summed E-state index contributed by atoms with van der Waals surface area (Å²) in [5.41, 5.74) is 7.15. The number of rotatable bonds is 5. The Kier molecular flexibility index (Phi) is 4.40. The average Bonchev–Trinajstić information content (AvgIpc) is 3.00. The Balaban J connectivity index is 1.52. The molecule has 0 amide bonds. The maximum atomic E-state index is 6.15. The maximum Gasteiger partial charge on any atom is 0.161 e. The van der Waals surface area contributed by atoms with E-state index in [1.54, 1.807) is 0 Å². The fourth-order valence-corrected chi connectivity index (χ4v) is 2.49. The van der Waals surface area contributed by atoms with Gasteiger partial charge in [0.25, 0.3) is 0 Å². The standard InChI is InChI=1S/C15H21NO4/c16-13(10-17-9-12-2-1-5-18-12)11-3-4-14-15(8-11)20-7-6-19-14/h3-4,8,12-13H,1-2,5-7,9-10,16H2. The van der Waals surface area contributed by atoms with Crippen molar-refractivity contribution >= 4 is 0 Å². The van der Waals surface area contributed by atoms with Crippen LogP contribution >= 0.6 is 0 Å². The van der Waals surface area contributed by atoms with Crippen LogP contribution in [0.1, 0.15) is 24.4 Å². The Hall–Kier alpha value is -1.30. The molecule has 1 fully saturated rings. The van der Waals surface area contributed by atoms with Crippen LogP contribution in [-0.4, -0.2) is 39.1 Å². The van der Waals surface area contributed by atoms with Gasteiger partial charge in [0.15, 0.2) is 11.5 Å². The van der Waals surface area contributed by atoms with Gasteiger partial charge in [-0.25, -0.2) is 0 Å². The highest BCUT2D eigenvalue weighted by atomic mass is 16.6. The first-order valence-corrected chi connectivity index (χ1v) is 7.17. The van der Waals surface area contributed by atoms with Crippen molar-refractivity contribution in [3.8, 4) is 11.5 Å². The molecule has 2 atom stereocenters. The lowest BCUT2D eigenvalue weighted by molar-refractivity contribution is 0.0129. The number of hydrogen-bond acceptors (Lipinski definition) is 5. The van der Waals surface area contributed by atoms with Crippen molar-refractivity contribution in [3.05, 3.63) is 23.8 Å². The van der Waals surface area contributed by atoms with Crippen LogP contribution in [0.15, 0.2) is 18.2 Å². The Morgan fingerprint density at radius 1 is 1.20 bits per heavy atom. The molecule has 2 heterocycles. The predicted molar refractivity (Wildman–Crippen MR) is 74.2 cm³/mol. The highest BCUT2D eigenvalue weighted by Gasteiger charge is 2.17. The SMILES string of the molecule is NC(COCC1CCCO1)c1ccc2c(c1)OCCO2. The topological polar surface area (TPSA) is 62.9 Å². The van der Waals surface area contributed by atoms with Crippen LogP contribution in [0.3, 0.4) is 0 Å². The summed E-state index contributed by atoms with van der Waals surface area (Å²) in [6.07, 6.45) is 2.45. The molecule has 5 heteroatoms. The Morgan fingerprint density at radius 2 is 2.05 bits per heavy atom. The molecule has 0 aromatic heterocycles. The second-order valence-electron chi connectivity index (χ2n) is 5.18. The van der Waals surface area contributed by atoms with E-state index in [4.69, 9.17) is 24.7 Å². The molecule has 0 spiro atoms. The van der Waals surface area contributed by atoms with Gasteiger partial charge >= 0.3 is 0 Å². The zero-order valence-electron chi connectivity index (χ0n) is 11.5. The summed E-state index contributed by atoms with van der Waals surface area (Å²) in [6, 6.07) is 5.65. The molecule has 5 nitrogen and oxygen atoms in total. The van der Waals surface area contributed by atoms with Crippen LogP contribution in [0, 0.1) is 0 Å². The molecule has 0 radical (unpaired) electrons. The van der Waals surface area contributed by atoms with Crippen LogP contribution in [0.5, 0.6) is 11.5 Å². The molecule has 0 saturated carbocycles. The maximum absolute atomic E-state index is 6.15. The summed E-state index contributed by atoms with van der Waals surface area (Å²) < 4.78 is 22.2. The third-order valence-corrected chi connectivity index (χ3v) is 3.62. The Labute approximate surface area is 118 Å². The Morgan fingerprint density at radius 3 is 2.85 bits per heavy atom. The van der Waals surface area contributed by atoms with Gasteiger partial charge in [0.2, 0.25) is 0 Å². The Bertz CT molecular complexity index is 445. The fraction of sp³-hybridized carbons (Fsp3) is 0.600. The first kappa shape index (κ1) is 13.7. The second-order valence-corrected chi connectivity index (χ2v) is 5.18. The van der Waals surface area contributed by atoms with Gasteiger partial charge in [-0.05, 0) is 30.5 Å². The van der Waals surface area contributed by atoms with E-state index in [9.17, 15) is 0 Å². The summed E-state index contributed by atoms with van der Waals surface area (Å²) in [4.78, 5) is 0. The highest BCUT2D eigenvalue weighted by molar-refractivity contribution is 5.44. The normalized spacial score (nSPS) is 22.8. The van der Waals surface area contributed by atoms with E-state index < -0.39 is 0 Å². The highest BCUT2D eigenvalue weighted by Crippen LogP contribution is 2.32. The molecule has 1 aromatic carbocycles. The molecular formula is C15H21NO4. The van der Waals surface area contributed by atoms with Gasteiger partial charge in [0.05, 0.1) is 25.4 Å².